The summed E-state index contributed by atoms with van der Waals surface area (Å²) in [5, 5.41) is 8.04. The fourth-order valence-corrected chi connectivity index (χ4v) is 2.82. The van der Waals surface area contributed by atoms with Crippen molar-refractivity contribution < 1.29 is 9.18 Å². The van der Waals surface area contributed by atoms with E-state index >= 15 is 0 Å². The Morgan fingerprint density at radius 2 is 2.05 bits per heavy atom. The third-order valence-corrected chi connectivity index (χ3v) is 3.99. The summed E-state index contributed by atoms with van der Waals surface area (Å²) in [6, 6.07) is 9.92. The van der Waals surface area contributed by atoms with Crippen LogP contribution in [0.2, 0.25) is 0 Å². The number of carbonyl (C=O) groups excluding carboxylic acids is 1. The van der Waals surface area contributed by atoms with Crippen molar-refractivity contribution in [3.63, 3.8) is 0 Å². The zero-order valence-corrected chi connectivity index (χ0v) is 12.8. The van der Waals surface area contributed by atoms with E-state index in [4.69, 9.17) is 0 Å². The highest BCUT2D eigenvalue weighted by Crippen LogP contribution is 2.26. The summed E-state index contributed by atoms with van der Waals surface area (Å²) in [6.45, 7) is 3.16. The lowest BCUT2D eigenvalue weighted by Gasteiger charge is -2.18. The van der Waals surface area contributed by atoms with E-state index in [1.807, 2.05) is 17.5 Å². The van der Waals surface area contributed by atoms with Gasteiger partial charge in [0.05, 0.1) is 12.6 Å². The Kier molecular flexibility index (Phi) is 5.90. The molecule has 2 rings (SSSR count). The molecule has 0 radical (unpaired) electrons. The van der Waals surface area contributed by atoms with Gasteiger partial charge < -0.3 is 10.6 Å². The highest BCUT2D eigenvalue weighted by molar-refractivity contribution is 7.10. The highest BCUT2D eigenvalue weighted by Gasteiger charge is 2.17. The summed E-state index contributed by atoms with van der Waals surface area (Å²) in [4.78, 5) is 13.1. The zero-order chi connectivity index (χ0) is 15.1. The maximum atomic E-state index is 13.1. The Bertz CT molecular complexity index is 554. The maximum absolute atomic E-state index is 13.1. The molecule has 2 aromatic rings. The Morgan fingerprint density at radius 3 is 2.67 bits per heavy atom. The first-order chi connectivity index (χ1) is 10.2. The zero-order valence-electron chi connectivity index (χ0n) is 11.9. The summed E-state index contributed by atoms with van der Waals surface area (Å²) in [6.07, 6.45) is 0.986. The molecule has 3 nitrogen and oxygen atoms in total. The van der Waals surface area contributed by atoms with Crippen LogP contribution >= 0.6 is 11.3 Å². The molecule has 1 heterocycles. The van der Waals surface area contributed by atoms with Crippen LogP contribution in [0.15, 0.2) is 41.8 Å². The lowest BCUT2D eigenvalue weighted by atomic mass is 10.1. The predicted octanol–water partition coefficient (Wildman–Crippen LogP) is 3.09. The summed E-state index contributed by atoms with van der Waals surface area (Å²) in [7, 11) is 0. The summed E-state index contributed by atoms with van der Waals surface area (Å²) < 4.78 is 13.1. The number of hydrogen-bond acceptors (Lipinski definition) is 3. The first kappa shape index (κ1) is 15.7. The van der Waals surface area contributed by atoms with Crippen molar-refractivity contribution in [2.24, 2.45) is 0 Å². The molecule has 2 N–H and O–H groups in total. The van der Waals surface area contributed by atoms with Crippen LogP contribution < -0.4 is 10.6 Å². The molecule has 0 saturated carbocycles. The molecule has 5 heteroatoms. The van der Waals surface area contributed by atoms with Crippen LogP contribution in [0, 0.1) is 5.82 Å². The highest BCUT2D eigenvalue weighted by atomic mass is 32.1. The van der Waals surface area contributed by atoms with Crippen molar-refractivity contribution in [3.8, 4) is 0 Å². The van der Waals surface area contributed by atoms with E-state index in [1.165, 1.54) is 12.1 Å². The van der Waals surface area contributed by atoms with Crippen molar-refractivity contribution in [2.75, 3.05) is 13.1 Å². The van der Waals surface area contributed by atoms with Gasteiger partial charge in [-0.15, -0.1) is 11.3 Å². The van der Waals surface area contributed by atoms with Crippen LogP contribution in [0.3, 0.4) is 0 Å². The largest absolute Gasteiger partial charge is 0.343 e. The van der Waals surface area contributed by atoms with Gasteiger partial charge in [0.25, 0.3) is 0 Å². The van der Waals surface area contributed by atoms with Crippen LogP contribution in [0.25, 0.3) is 0 Å². The Labute approximate surface area is 128 Å². The van der Waals surface area contributed by atoms with Crippen LogP contribution in [-0.2, 0) is 4.79 Å². The quantitative estimate of drug-likeness (QED) is 0.772. The van der Waals surface area contributed by atoms with Crippen LogP contribution in [-0.4, -0.2) is 19.0 Å². The van der Waals surface area contributed by atoms with Gasteiger partial charge >= 0.3 is 0 Å². The third kappa shape index (κ3) is 4.65. The maximum Gasteiger partial charge on any atom is 0.234 e. The van der Waals surface area contributed by atoms with Gasteiger partial charge in [0.2, 0.25) is 5.91 Å². The van der Waals surface area contributed by atoms with Gasteiger partial charge in [-0.3, -0.25) is 4.79 Å². The van der Waals surface area contributed by atoms with Gasteiger partial charge in [-0.25, -0.2) is 4.39 Å². The number of halogens is 1. The van der Waals surface area contributed by atoms with Gasteiger partial charge in [-0.05, 0) is 42.1 Å². The number of rotatable bonds is 7. The molecule has 0 bridgehead atoms. The molecular formula is C16H19FN2OS. The van der Waals surface area contributed by atoms with E-state index in [9.17, 15) is 9.18 Å². The minimum Gasteiger partial charge on any atom is -0.343 e. The first-order valence-corrected chi connectivity index (χ1v) is 7.87. The van der Waals surface area contributed by atoms with Gasteiger partial charge in [-0.1, -0.05) is 25.1 Å². The molecule has 21 heavy (non-hydrogen) atoms. The van der Waals surface area contributed by atoms with Gasteiger partial charge in [-0.2, -0.15) is 0 Å². The van der Waals surface area contributed by atoms with Crippen molar-refractivity contribution in [3.05, 3.63) is 58.0 Å². The second-order valence-electron chi connectivity index (χ2n) is 4.74. The normalized spacial score (nSPS) is 12.1. The van der Waals surface area contributed by atoms with Crippen LogP contribution in [0.4, 0.5) is 4.39 Å². The van der Waals surface area contributed by atoms with Gasteiger partial charge in [0.15, 0.2) is 0 Å². The molecule has 1 aromatic heterocycles. The average Bonchev–Trinajstić information content (AvgIpc) is 3.00. The van der Waals surface area contributed by atoms with Crippen LogP contribution in [0.5, 0.6) is 0 Å². The Morgan fingerprint density at radius 1 is 1.29 bits per heavy atom. The number of carbonyl (C=O) groups is 1. The molecule has 0 spiro atoms. The lowest BCUT2D eigenvalue weighted by Crippen LogP contribution is -2.36. The molecule has 112 valence electrons. The standard InChI is InChI=1S/C16H19FN2OS/c1-2-9-18-11-15(20)19-16(14-4-3-10-21-14)12-5-7-13(17)8-6-12/h3-8,10,16,18H,2,9,11H2,1H3,(H,19,20). The van der Waals surface area contributed by atoms with Crippen molar-refractivity contribution >= 4 is 17.2 Å². The number of hydrogen-bond donors (Lipinski definition) is 2. The van der Waals surface area contributed by atoms with E-state index in [2.05, 4.69) is 17.6 Å². The SMILES string of the molecule is CCCNCC(=O)NC(c1ccc(F)cc1)c1cccs1. The molecule has 1 unspecified atom stereocenters. The second-order valence-corrected chi connectivity index (χ2v) is 5.72. The monoisotopic (exact) mass is 306 g/mol. The number of benzene rings is 1. The fraction of sp³-hybridized carbons (Fsp3) is 0.312. The molecule has 1 aromatic carbocycles. The van der Waals surface area contributed by atoms with Gasteiger partial charge in [0, 0.05) is 4.88 Å². The first-order valence-electron chi connectivity index (χ1n) is 6.99. The summed E-state index contributed by atoms with van der Waals surface area (Å²) in [5.41, 5.74) is 0.877. The second kappa shape index (κ2) is 7.90. The van der Waals surface area contributed by atoms with E-state index in [-0.39, 0.29) is 24.3 Å². The van der Waals surface area contributed by atoms with Crippen LogP contribution in [0.1, 0.15) is 29.8 Å². The number of amides is 1. The molecule has 0 aliphatic carbocycles. The summed E-state index contributed by atoms with van der Waals surface area (Å²) in [5.74, 6) is -0.342. The van der Waals surface area contributed by atoms with E-state index in [1.54, 1.807) is 23.5 Å². The van der Waals surface area contributed by atoms with E-state index < -0.39 is 0 Å². The van der Waals surface area contributed by atoms with E-state index in [0.29, 0.717) is 0 Å². The molecule has 0 aliphatic heterocycles. The number of thiophene rings is 1. The summed E-state index contributed by atoms with van der Waals surface area (Å²) >= 11 is 1.57. The van der Waals surface area contributed by atoms with Crippen molar-refractivity contribution in [1.29, 1.82) is 0 Å². The van der Waals surface area contributed by atoms with Crippen molar-refractivity contribution in [2.45, 2.75) is 19.4 Å². The fourth-order valence-electron chi connectivity index (χ4n) is 2.02. The molecular weight excluding hydrogens is 287 g/mol. The van der Waals surface area contributed by atoms with Crippen molar-refractivity contribution in [1.82, 2.24) is 10.6 Å². The Hall–Kier alpha value is -1.72. The minimum atomic E-state index is -0.278. The Balaban J connectivity index is 2.10. The number of nitrogens with one attached hydrogen (secondary N) is 2. The molecule has 0 fully saturated rings. The third-order valence-electron chi connectivity index (χ3n) is 3.05. The molecule has 1 amide bonds. The molecule has 0 aliphatic rings. The minimum absolute atomic E-state index is 0.0637. The average molecular weight is 306 g/mol. The van der Waals surface area contributed by atoms with Gasteiger partial charge in [0.1, 0.15) is 5.82 Å². The van der Waals surface area contributed by atoms with E-state index in [0.717, 1.165) is 23.4 Å². The molecule has 1 atom stereocenters. The lowest BCUT2D eigenvalue weighted by molar-refractivity contribution is -0.120. The molecule has 0 saturated heterocycles. The smallest absolute Gasteiger partial charge is 0.234 e. The predicted molar refractivity (Wildman–Crippen MR) is 83.9 cm³/mol. The topological polar surface area (TPSA) is 41.1 Å².